The molecule has 0 saturated carbocycles. The minimum absolute atomic E-state index is 0.0504. The zero-order valence-electron chi connectivity index (χ0n) is 15.9. The number of nitrogens with zero attached hydrogens (tertiary/aromatic N) is 7. The van der Waals surface area contributed by atoms with Crippen molar-refractivity contribution < 1.29 is 9.53 Å². The van der Waals surface area contributed by atoms with Crippen LogP contribution >= 0.6 is 0 Å². The first-order valence-corrected chi connectivity index (χ1v) is 8.99. The Morgan fingerprint density at radius 1 is 1.48 bits per heavy atom. The van der Waals surface area contributed by atoms with Crippen molar-refractivity contribution in [2.45, 2.75) is 32.5 Å². The van der Waals surface area contributed by atoms with Gasteiger partial charge in [-0.05, 0) is 12.3 Å². The molecule has 1 aliphatic rings. The molecule has 146 valence electrons. The highest BCUT2D eigenvalue weighted by molar-refractivity contribution is 5.80. The van der Waals surface area contributed by atoms with E-state index in [1.54, 1.807) is 13.2 Å². The molecule has 0 radical (unpaired) electrons. The second-order valence-electron chi connectivity index (χ2n) is 6.67. The van der Waals surface area contributed by atoms with Gasteiger partial charge in [-0.15, -0.1) is 5.10 Å². The minimum atomic E-state index is -0.358. The molecule has 1 saturated heterocycles. The highest BCUT2D eigenvalue weighted by Gasteiger charge is 2.28. The summed E-state index contributed by atoms with van der Waals surface area (Å²) in [6.07, 6.45) is 8.51. The molecule has 1 aliphatic heterocycles. The van der Waals surface area contributed by atoms with Gasteiger partial charge in [-0.3, -0.25) is 9.79 Å². The van der Waals surface area contributed by atoms with E-state index in [-0.39, 0.29) is 12.5 Å². The van der Waals surface area contributed by atoms with Crippen molar-refractivity contribution in [1.29, 1.82) is 0 Å². The standard InChI is InChI=1S/C17H26N8O2/c1-13-4-6-23(10-15(13)24-7-5-19-12-24)17(18-2)20-8-14-9-25(22-21-14)11-16(26)27-3/h5,7,9,12-13,15H,4,6,8,10-11H2,1-3H3,(H,18,20). The first-order valence-electron chi connectivity index (χ1n) is 8.99. The second kappa shape index (κ2) is 8.65. The minimum Gasteiger partial charge on any atom is -0.468 e. The third-order valence-corrected chi connectivity index (χ3v) is 4.87. The molecule has 3 heterocycles. The zero-order valence-corrected chi connectivity index (χ0v) is 15.9. The number of piperidine rings is 1. The first-order chi connectivity index (χ1) is 13.1. The molecule has 0 aliphatic carbocycles. The Bertz CT molecular complexity index is 770. The normalized spacial score (nSPS) is 20.6. The lowest BCUT2D eigenvalue weighted by Gasteiger charge is -2.39. The van der Waals surface area contributed by atoms with Crippen LogP contribution in [-0.4, -0.2) is 68.6 Å². The van der Waals surface area contributed by atoms with E-state index in [9.17, 15) is 4.79 Å². The van der Waals surface area contributed by atoms with Gasteiger partial charge in [-0.2, -0.15) is 0 Å². The molecule has 10 nitrogen and oxygen atoms in total. The van der Waals surface area contributed by atoms with Crippen molar-refractivity contribution >= 4 is 11.9 Å². The molecule has 1 N–H and O–H groups in total. The van der Waals surface area contributed by atoms with Gasteiger partial charge in [0.25, 0.3) is 0 Å². The van der Waals surface area contributed by atoms with E-state index in [0.29, 0.717) is 18.5 Å². The zero-order chi connectivity index (χ0) is 19.2. The van der Waals surface area contributed by atoms with E-state index in [1.807, 2.05) is 18.7 Å². The van der Waals surface area contributed by atoms with Gasteiger partial charge in [0.05, 0.1) is 32.2 Å². The predicted octanol–water partition coefficient (Wildman–Crippen LogP) is 0.306. The largest absolute Gasteiger partial charge is 0.468 e. The summed E-state index contributed by atoms with van der Waals surface area (Å²) in [5.74, 6) is 1.05. The maximum atomic E-state index is 11.3. The van der Waals surface area contributed by atoms with Crippen molar-refractivity contribution in [1.82, 2.24) is 34.8 Å². The summed E-state index contributed by atoms with van der Waals surface area (Å²) in [5, 5.41) is 11.4. The van der Waals surface area contributed by atoms with E-state index >= 15 is 0 Å². The van der Waals surface area contributed by atoms with Crippen LogP contribution in [0.1, 0.15) is 25.1 Å². The van der Waals surface area contributed by atoms with E-state index in [2.05, 4.69) is 46.7 Å². The first kappa shape index (κ1) is 18.9. The summed E-state index contributed by atoms with van der Waals surface area (Å²) in [7, 11) is 3.13. The van der Waals surface area contributed by atoms with E-state index < -0.39 is 0 Å². The van der Waals surface area contributed by atoms with Crippen LogP contribution in [0.25, 0.3) is 0 Å². The fourth-order valence-electron chi connectivity index (χ4n) is 3.29. The second-order valence-corrected chi connectivity index (χ2v) is 6.67. The van der Waals surface area contributed by atoms with Crippen molar-refractivity contribution in [2.75, 3.05) is 27.2 Å². The number of guanidine groups is 1. The number of imidazole rings is 1. The summed E-state index contributed by atoms with van der Waals surface area (Å²) in [6.45, 7) is 4.62. The number of methoxy groups -OCH3 is 1. The molecule has 10 heteroatoms. The lowest BCUT2D eigenvalue weighted by molar-refractivity contribution is -0.141. The Balaban J connectivity index is 1.58. The van der Waals surface area contributed by atoms with Gasteiger partial charge in [-0.1, -0.05) is 12.1 Å². The van der Waals surface area contributed by atoms with Crippen LogP contribution < -0.4 is 5.32 Å². The number of rotatable bonds is 5. The van der Waals surface area contributed by atoms with Crippen molar-refractivity contribution in [3.05, 3.63) is 30.6 Å². The van der Waals surface area contributed by atoms with Gasteiger partial charge in [0.2, 0.25) is 0 Å². The molecular weight excluding hydrogens is 348 g/mol. The quantitative estimate of drug-likeness (QED) is 0.456. The Kier molecular flexibility index (Phi) is 6.05. The average Bonchev–Trinajstić information content (AvgIpc) is 3.35. The Morgan fingerprint density at radius 2 is 2.33 bits per heavy atom. The molecule has 2 aromatic rings. The van der Waals surface area contributed by atoms with Crippen molar-refractivity contribution in [2.24, 2.45) is 10.9 Å². The van der Waals surface area contributed by atoms with E-state index in [1.165, 1.54) is 11.8 Å². The molecule has 27 heavy (non-hydrogen) atoms. The molecule has 3 rings (SSSR count). The number of carbonyl (C=O) groups excluding carboxylic acids is 1. The lowest BCUT2D eigenvalue weighted by atomic mass is 9.93. The number of carbonyl (C=O) groups is 1. The van der Waals surface area contributed by atoms with Crippen molar-refractivity contribution in [3.63, 3.8) is 0 Å². The molecule has 1 fully saturated rings. The fourth-order valence-corrected chi connectivity index (χ4v) is 3.29. The van der Waals surface area contributed by atoms with Crippen LogP contribution in [0.15, 0.2) is 29.9 Å². The number of nitrogens with one attached hydrogen (secondary N) is 1. The summed E-state index contributed by atoms with van der Waals surface area (Å²) in [4.78, 5) is 22.1. The van der Waals surface area contributed by atoms with Crippen molar-refractivity contribution in [3.8, 4) is 0 Å². The Morgan fingerprint density at radius 3 is 3.04 bits per heavy atom. The third-order valence-electron chi connectivity index (χ3n) is 4.87. The molecule has 0 spiro atoms. The van der Waals surface area contributed by atoms with Gasteiger partial charge in [-0.25, -0.2) is 9.67 Å². The summed E-state index contributed by atoms with van der Waals surface area (Å²) >= 11 is 0. The van der Waals surface area contributed by atoms with Crippen LogP contribution in [0.4, 0.5) is 0 Å². The number of aliphatic imine (C=N–C) groups is 1. The molecule has 0 bridgehead atoms. The van der Waals surface area contributed by atoms with E-state index in [4.69, 9.17) is 0 Å². The van der Waals surface area contributed by atoms with Crippen LogP contribution in [0.2, 0.25) is 0 Å². The number of ether oxygens (including phenoxy) is 1. The number of likely N-dealkylation sites (tertiary alicyclic amines) is 1. The monoisotopic (exact) mass is 374 g/mol. The molecule has 0 aromatic carbocycles. The van der Waals surface area contributed by atoms with Crippen LogP contribution in [0.3, 0.4) is 0 Å². The Labute approximate surface area is 158 Å². The maximum absolute atomic E-state index is 11.3. The van der Waals surface area contributed by atoms with Gasteiger partial charge in [0.1, 0.15) is 12.2 Å². The van der Waals surface area contributed by atoms with Gasteiger partial charge in [0.15, 0.2) is 5.96 Å². The molecular formula is C17H26N8O2. The van der Waals surface area contributed by atoms with Crippen LogP contribution in [-0.2, 0) is 22.6 Å². The van der Waals surface area contributed by atoms with E-state index in [0.717, 1.165) is 31.2 Å². The fraction of sp³-hybridized carbons (Fsp3) is 0.588. The summed E-state index contributed by atoms with van der Waals surface area (Å²) in [6, 6.07) is 0.362. The number of hydrogen-bond acceptors (Lipinski definition) is 6. The SMILES string of the molecule is CN=C(NCc1cn(CC(=O)OC)nn1)N1CCC(C)C(n2ccnc2)C1. The summed E-state index contributed by atoms with van der Waals surface area (Å²) < 4.78 is 8.26. The molecule has 2 atom stereocenters. The van der Waals surface area contributed by atoms with Gasteiger partial charge < -0.3 is 19.5 Å². The highest BCUT2D eigenvalue weighted by atomic mass is 16.5. The highest BCUT2D eigenvalue weighted by Crippen LogP contribution is 2.27. The van der Waals surface area contributed by atoms with Gasteiger partial charge in [0, 0.05) is 32.5 Å². The smallest absolute Gasteiger partial charge is 0.327 e. The maximum Gasteiger partial charge on any atom is 0.327 e. The topological polar surface area (TPSA) is 102 Å². The van der Waals surface area contributed by atoms with Gasteiger partial charge >= 0.3 is 5.97 Å². The number of hydrogen-bond donors (Lipinski definition) is 1. The molecule has 0 amide bonds. The average molecular weight is 374 g/mol. The molecule has 2 aromatic heterocycles. The van der Waals surface area contributed by atoms with Crippen LogP contribution in [0.5, 0.6) is 0 Å². The number of esters is 1. The Hall–Kier alpha value is -2.91. The number of aromatic nitrogens is 5. The van der Waals surface area contributed by atoms with Crippen LogP contribution in [0, 0.1) is 5.92 Å². The molecule has 2 unspecified atom stereocenters. The third kappa shape index (κ3) is 4.63. The lowest BCUT2D eigenvalue weighted by Crippen LogP contribution is -2.48. The summed E-state index contributed by atoms with van der Waals surface area (Å²) in [5.41, 5.74) is 0.733. The predicted molar refractivity (Wildman–Crippen MR) is 98.9 cm³/mol.